The van der Waals surface area contributed by atoms with Crippen LogP contribution >= 0.6 is 23.1 Å². The highest BCUT2D eigenvalue weighted by atomic mass is 32.2. The summed E-state index contributed by atoms with van der Waals surface area (Å²) in [4.78, 5) is 23.8. The molecular weight excluding hydrogens is 443 g/mol. The van der Waals surface area contributed by atoms with E-state index in [1.54, 1.807) is 30.5 Å². The second-order valence-electron chi connectivity index (χ2n) is 6.58. The van der Waals surface area contributed by atoms with Crippen molar-refractivity contribution in [3.05, 3.63) is 83.9 Å². The lowest BCUT2D eigenvalue weighted by Crippen LogP contribution is -2.30. The maximum absolute atomic E-state index is 14.1. The first kappa shape index (κ1) is 21.3. The Bertz CT molecular complexity index is 1200. The Kier molecular flexibility index (Phi) is 6.53. The van der Waals surface area contributed by atoms with Gasteiger partial charge in [-0.05, 0) is 42.5 Å². The molecule has 4 nitrogen and oxygen atoms in total. The molecule has 0 N–H and O–H groups in total. The van der Waals surface area contributed by atoms with Gasteiger partial charge in [-0.15, -0.1) is 11.8 Å². The van der Waals surface area contributed by atoms with Crippen LogP contribution in [0.2, 0.25) is 0 Å². The van der Waals surface area contributed by atoms with E-state index < -0.39 is 11.6 Å². The first-order valence-corrected chi connectivity index (χ1v) is 11.1. The third kappa shape index (κ3) is 5.23. The van der Waals surface area contributed by atoms with Gasteiger partial charge >= 0.3 is 0 Å². The molecule has 4 rings (SSSR count). The molecule has 1 amide bonds. The number of amides is 1. The fraction of sp³-hybridized carbons (Fsp3) is 0.136. The molecule has 9 heteroatoms. The number of rotatable bonds is 7. The zero-order valence-electron chi connectivity index (χ0n) is 16.1. The summed E-state index contributed by atoms with van der Waals surface area (Å²) in [6, 6.07) is 13.4. The number of thiazole rings is 1. The average Bonchev–Trinajstić information content (AvgIpc) is 3.18. The predicted octanol–water partition coefficient (Wildman–Crippen LogP) is 5.82. The number of benzene rings is 2. The van der Waals surface area contributed by atoms with E-state index in [0.29, 0.717) is 16.1 Å². The number of hydrogen-bond donors (Lipinski definition) is 0. The summed E-state index contributed by atoms with van der Waals surface area (Å²) in [5.41, 5.74) is 0.675. The minimum atomic E-state index is -0.769. The number of carbonyl (C=O) groups is 1. The van der Waals surface area contributed by atoms with Gasteiger partial charge in [0.1, 0.15) is 17.2 Å². The fourth-order valence-corrected chi connectivity index (χ4v) is 4.76. The molecule has 0 saturated heterocycles. The summed E-state index contributed by atoms with van der Waals surface area (Å²) >= 11 is 2.48. The lowest BCUT2D eigenvalue weighted by atomic mass is 10.3. The van der Waals surface area contributed by atoms with Crippen LogP contribution in [0.15, 0.2) is 65.7 Å². The first-order valence-electron chi connectivity index (χ1n) is 9.34. The lowest BCUT2D eigenvalue weighted by Gasteiger charge is -2.19. The molecule has 4 aromatic rings. The molecule has 2 aromatic carbocycles. The summed E-state index contributed by atoms with van der Waals surface area (Å²) in [6.45, 7) is 0.158. The first-order chi connectivity index (χ1) is 15.0. The van der Waals surface area contributed by atoms with Crippen LogP contribution in [0.1, 0.15) is 12.1 Å². The Morgan fingerprint density at radius 3 is 2.58 bits per heavy atom. The van der Waals surface area contributed by atoms with Gasteiger partial charge in [-0.3, -0.25) is 14.7 Å². The molecular formula is C22H16F3N3OS2. The van der Waals surface area contributed by atoms with Gasteiger partial charge in [0.2, 0.25) is 5.91 Å². The van der Waals surface area contributed by atoms with Crippen LogP contribution in [0.4, 0.5) is 18.3 Å². The number of halogens is 3. The average molecular weight is 460 g/mol. The smallest absolute Gasteiger partial charge is 0.229 e. The predicted molar refractivity (Wildman–Crippen MR) is 117 cm³/mol. The van der Waals surface area contributed by atoms with Gasteiger partial charge in [0.25, 0.3) is 0 Å². The molecule has 0 spiro atoms. The Labute approximate surface area is 184 Å². The summed E-state index contributed by atoms with van der Waals surface area (Å²) in [5.74, 6) is -1.54. The van der Waals surface area contributed by atoms with E-state index >= 15 is 0 Å². The van der Waals surface area contributed by atoms with E-state index in [-0.39, 0.29) is 35.3 Å². The Morgan fingerprint density at radius 1 is 1.03 bits per heavy atom. The van der Waals surface area contributed by atoms with Crippen molar-refractivity contribution in [2.24, 2.45) is 0 Å². The number of pyridine rings is 1. The van der Waals surface area contributed by atoms with Crippen molar-refractivity contribution < 1.29 is 18.0 Å². The summed E-state index contributed by atoms with van der Waals surface area (Å²) in [6.07, 6.45) is 1.80. The molecule has 0 aliphatic heterocycles. The standard InChI is InChI=1S/C22H16F3N3OS2/c23-14-4-6-17(7-5-14)30-10-8-20(29)28(13-16-3-1-2-9-26-16)22-27-21-18(25)11-15(24)12-19(21)31-22/h1-7,9,11-12H,8,10,13H2. The summed E-state index contributed by atoms with van der Waals surface area (Å²) in [5, 5.41) is 0.280. The van der Waals surface area contributed by atoms with Crippen LogP contribution in [0.5, 0.6) is 0 Å². The number of nitrogens with zero attached hydrogens (tertiary/aromatic N) is 3. The van der Waals surface area contributed by atoms with Gasteiger partial charge in [-0.2, -0.15) is 0 Å². The largest absolute Gasteiger partial charge is 0.282 e. The number of aromatic nitrogens is 2. The molecule has 0 unspecified atom stereocenters. The molecule has 158 valence electrons. The van der Waals surface area contributed by atoms with E-state index in [0.717, 1.165) is 22.3 Å². The number of hydrogen-bond acceptors (Lipinski definition) is 5. The second-order valence-corrected chi connectivity index (χ2v) is 8.76. The van der Waals surface area contributed by atoms with Crippen LogP contribution in [-0.2, 0) is 11.3 Å². The highest BCUT2D eigenvalue weighted by Gasteiger charge is 2.22. The van der Waals surface area contributed by atoms with E-state index in [1.807, 2.05) is 6.07 Å². The maximum atomic E-state index is 14.1. The van der Waals surface area contributed by atoms with E-state index in [9.17, 15) is 18.0 Å². The normalized spacial score (nSPS) is 11.1. The number of thioether (sulfide) groups is 1. The van der Waals surface area contributed by atoms with Crippen molar-refractivity contribution in [2.45, 2.75) is 17.9 Å². The van der Waals surface area contributed by atoms with Crippen LogP contribution in [0.25, 0.3) is 10.2 Å². The van der Waals surface area contributed by atoms with Crippen molar-refractivity contribution in [1.82, 2.24) is 9.97 Å². The highest BCUT2D eigenvalue weighted by molar-refractivity contribution is 7.99. The van der Waals surface area contributed by atoms with Crippen molar-refractivity contribution in [3.8, 4) is 0 Å². The maximum Gasteiger partial charge on any atom is 0.229 e. The monoisotopic (exact) mass is 459 g/mol. The van der Waals surface area contributed by atoms with Gasteiger partial charge in [-0.1, -0.05) is 17.4 Å². The molecule has 0 fully saturated rings. The molecule has 0 aliphatic rings. The zero-order valence-corrected chi connectivity index (χ0v) is 17.7. The lowest BCUT2D eigenvalue weighted by molar-refractivity contribution is -0.118. The molecule has 0 atom stereocenters. The van der Waals surface area contributed by atoms with Crippen molar-refractivity contribution in [1.29, 1.82) is 0 Å². The van der Waals surface area contributed by atoms with Gasteiger partial charge in [0.05, 0.1) is 16.9 Å². The Morgan fingerprint density at radius 2 is 1.84 bits per heavy atom. The van der Waals surface area contributed by atoms with Crippen molar-refractivity contribution in [2.75, 3.05) is 10.7 Å². The molecule has 2 aromatic heterocycles. The minimum absolute atomic E-state index is 0.0286. The van der Waals surface area contributed by atoms with E-state index in [2.05, 4.69) is 9.97 Å². The van der Waals surface area contributed by atoms with Crippen LogP contribution < -0.4 is 4.90 Å². The third-order valence-corrected chi connectivity index (χ3v) is 6.42. The van der Waals surface area contributed by atoms with Crippen LogP contribution in [-0.4, -0.2) is 21.6 Å². The quantitative estimate of drug-likeness (QED) is 0.327. The van der Waals surface area contributed by atoms with Crippen molar-refractivity contribution in [3.63, 3.8) is 0 Å². The SMILES string of the molecule is O=C(CCSc1ccc(F)cc1)N(Cc1ccccn1)c1nc2c(F)cc(F)cc2s1. The van der Waals surface area contributed by atoms with Crippen LogP contribution in [0.3, 0.4) is 0 Å². The topological polar surface area (TPSA) is 46.1 Å². The summed E-state index contributed by atoms with van der Waals surface area (Å²) in [7, 11) is 0. The molecule has 0 saturated carbocycles. The molecule has 31 heavy (non-hydrogen) atoms. The van der Waals surface area contributed by atoms with Crippen LogP contribution in [0, 0.1) is 17.5 Å². The van der Waals surface area contributed by atoms with Crippen molar-refractivity contribution >= 4 is 44.4 Å². The van der Waals surface area contributed by atoms with Gasteiger partial charge in [0.15, 0.2) is 10.9 Å². The molecule has 2 heterocycles. The molecule has 0 radical (unpaired) electrons. The number of anilines is 1. The number of fused-ring (bicyclic) bond motifs is 1. The van der Waals surface area contributed by atoms with Gasteiger partial charge in [0, 0.05) is 29.3 Å². The summed E-state index contributed by atoms with van der Waals surface area (Å²) < 4.78 is 41.1. The Balaban J connectivity index is 1.55. The number of carbonyl (C=O) groups excluding carboxylic acids is 1. The molecule has 0 aliphatic carbocycles. The second kappa shape index (κ2) is 9.49. The Hall–Kier alpha value is -2.91. The highest BCUT2D eigenvalue weighted by Crippen LogP contribution is 2.32. The zero-order chi connectivity index (χ0) is 21.8. The van der Waals surface area contributed by atoms with Gasteiger partial charge < -0.3 is 0 Å². The molecule has 0 bridgehead atoms. The third-order valence-electron chi connectivity index (χ3n) is 4.38. The van der Waals surface area contributed by atoms with E-state index in [1.165, 1.54) is 34.9 Å². The van der Waals surface area contributed by atoms with E-state index in [4.69, 9.17) is 0 Å². The van der Waals surface area contributed by atoms with Gasteiger partial charge in [-0.25, -0.2) is 18.2 Å². The fourth-order valence-electron chi connectivity index (χ4n) is 2.90. The minimum Gasteiger partial charge on any atom is -0.282 e.